The number of carbonyl (C=O) groups excluding carboxylic acids is 1. The van der Waals surface area contributed by atoms with E-state index in [1.165, 1.54) is 4.90 Å². The number of aromatic nitrogens is 2. The lowest BCUT2D eigenvalue weighted by molar-refractivity contribution is 0.101. The fourth-order valence-electron chi connectivity index (χ4n) is 1.74. The van der Waals surface area contributed by atoms with E-state index in [4.69, 9.17) is 0 Å². The van der Waals surface area contributed by atoms with Gasteiger partial charge in [0, 0.05) is 4.90 Å². The maximum atomic E-state index is 11.4. The molecule has 3 nitrogen and oxygen atoms in total. The summed E-state index contributed by atoms with van der Waals surface area (Å²) in [6.07, 6.45) is 3.67. The van der Waals surface area contributed by atoms with Crippen LogP contribution in [0.25, 0.3) is 5.69 Å². The first-order valence-electron chi connectivity index (χ1n) is 5.33. The zero-order valence-electron chi connectivity index (χ0n) is 10.1. The number of benzene rings is 1. The Morgan fingerprint density at radius 2 is 1.94 bits per heavy atom. The maximum absolute atomic E-state index is 11.4. The van der Waals surface area contributed by atoms with Gasteiger partial charge in [-0.15, -0.1) is 11.8 Å². The highest BCUT2D eigenvalue weighted by Gasteiger charge is 2.11. The van der Waals surface area contributed by atoms with Crippen molar-refractivity contribution in [2.75, 3.05) is 6.26 Å². The summed E-state index contributed by atoms with van der Waals surface area (Å²) in [6.45, 7) is 3.47. The molecular formula is C13H14N2OS. The summed E-state index contributed by atoms with van der Waals surface area (Å²) in [5.74, 6) is 0.0504. The molecular weight excluding hydrogens is 232 g/mol. The topological polar surface area (TPSA) is 34.9 Å². The molecule has 0 unspecified atom stereocenters. The summed E-state index contributed by atoms with van der Waals surface area (Å²) in [6, 6.07) is 8.12. The van der Waals surface area contributed by atoms with Gasteiger partial charge in [0.25, 0.3) is 0 Å². The number of hydrogen-bond acceptors (Lipinski definition) is 3. The standard InChI is InChI=1S/C13H14N2OS/c1-9-13(10(2)16)8-14-15(9)11-4-6-12(17-3)7-5-11/h4-8H,1-3H3. The van der Waals surface area contributed by atoms with Crippen LogP contribution in [0.5, 0.6) is 0 Å². The summed E-state index contributed by atoms with van der Waals surface area (Å²) in [5.41, 5.74) is 2.54. The Balaban J connectivity index is 2.42. The predicted octanol–water partition coefficient (Wildman–Crippen LogP) is 3.11. The van der Waals surface area contributed by atoms with Crippen molar-refractivity contribution < 1.29 is 4.79 Å². The van der Waals surface area contributed by atoms with Crippen molar-refractivity contribution >= 4 is 17.5 Å². The monoisotopic (exact) mass is 246 g/mol. The highest BCUT2D eigenvalue weighted by Crippen LogP contribution is 2.19. The molecule has 1 aromatic carbocycles. The van der Waals surface area contributed by atoms with Crippen LogP contribution in [0.15, 0.2) is 35.4 Å². The Morgan fingerprint density at radius 3 is 2.41 bits per heavy atom. The molecule has 0 fully saturated rings. The number of Topliss-reactive ketones (excluding diaryl/α,β-unsaturated/α-hetero) is 1. The molecule has 1 heterocycles. The molecule has 17 heavy (non-hydrogen) atoms. The summed E-state index contributed by atoms with van der Waals surface area (Å²) in [7, 11) is 0. The number of nitrogens with zero attached hydrogens (tertiary/aromatic N) is 2. The summed E-state index contributed by atoms with van der Waals surface area (Å²) in [4.78, 5) is 12.6. The number of ketones is 1. The first-order chi connectivity index (χ1) is 8.13. The van der Waals surface area contributed by atoms with Gasteiger partial charge in [0.1, 0.15) is 0 Å². The van der Waals surface area contributed by atoms with E-state index in [0.717, 1.165) is 11.4 Å². The second kappa shape index (κ2) is 4.75. The molecule has 2 rings (SSSR count). The van der Waals surface area contributed by atoms with Gasteiger partial charge in [0.2, 0.25) is 0 Å². The van der Waals surface area contributed by atoms with Crippen molar-refractivity contribution in [2.24, 2.45) is 0 Å². The number of rotatable bonds is 3. The summed E-state index contributed by atoms with van der Waals surface area (Å²) < 4.78 is 1.79. The van der Waals surface area contributed by atoms with Gasteiger partial charge in [-0.1, -0.05) is 0 Å². The van der Waals surface area contributed by atoms with E-state index in [0.29, 0.717) is 5.56 Å². The lowest BCUT2D eigenvalue weighted by atomic mass is 10.2. The van der Waals surface area contributed by atoms with Crippen molar-refractivity contribution in [3.05, 3.63) is 41.7 Å². The molecule has 0 spiro atoms. The Hall–Kier alpha value is -1.55. The van der Waals surface area contributed by atoms with Gasteiger partial charge in [-0.25, -0.2) is 4.68 Å². The molecule has 0 amide bonds. The van der Waals surface area contributed by atoms with Crippen LogP contribution < -0.4 is 0 Å². The lowest BCUT2D eigenvalue weighted by Crippen LogP contribution is -2.00. The number of hydrogen-bond donors (Lipinski definition) is 0. The minimum absolute atomic E-state index is 0.0504. The third kappa shape index (κ3) is 2.26. The zero-order valence-corrected chi connectivity index (χ0v) is 10.9. The Morgan fingerprint density at radius 1 is 1.29 bits per heavy atom. The third-order valence-corrected chi connectivity index (χ3v) is 3.45. The fourth-order valence-corrected chi connectivity index (χ4v) is 2.15. The van der Waals surface area contributed by atoms with E-state index < -0.39 is 0 Å². The van der Waals surface area contributed by atoms with Crippen LogP contribution in [0.2, 0.25) is 0 Å². The van der Waals surface area contributed by atoms with Crippen molar-refractivity contribution in [3.8, 4) is 5.69 Å². The fraction of sp³-hybridized carbons (Fsp3) is 0.231. The molecule has 0 aliphatic heterocycles. The van der Waals surface area contributed by atoms with Gasteiger partial charge in [0.15, 0.2) is 5.78 Å². The van der Waals surface area contributed by atoms with E-state index in [9.17, 15) is 4.79 Å². The van der Waals surface area contributed by atoms with Crippen LogP contribution in [0.4, 0.5) is 0 Å². The molecule has 0 radical (unpaired) electrons. The van der Waals surface area contributed by atoms with Crippen LogP contribution in [-0.4, -0.2) is 21.8 Å². The first kappa shape index (κ1) is 11.9. The minimum Gasteiger partial charge on any atom is -0.294 e. The third-order valence-electron chi connectivity index (χ3n) is 2.71. The van der Waals surface area contributed by atoms with Gasteiger partial charge >= 0.3 is 0 Å². The van der Waals surface area contributed by atoms with Crippen LogP contribution >= 0.6 is 11.8 Å². The maximum Gasteiger partial charge on any atom is 0.163 e. The average Bonchev–Trinajstić information content (AvgIpc) is 2.71. The highest BCUT2D eigenvalue weighted by molar-refractivity contribution is 7.98. The second-order valence-corrected chi connectivity index (χ2v) is 4.69. The van der Waals surface area contributed by atoms with Crippen LogP contribution in [0, 0.1) is 6.92 Å². The molecule has 1 aromatic heterocycles. The van der Waals surface area contributed by atoms with Gasteiger partial charge in [0.05, 0.1) is 23.1 Å². The molecule has 2 aromatic rings. The largest absolute Gasteiger partial charge is 0.294 e. The molecule has 0 saturated heterocycles. The van der Waals surface area contributed by atoms with E-state index in [-0.39, 0.29) is 5.78 Å². The summed E-state index contributed by atoms with van der Waals surface area (Å²) in [5, 5.41) is 4.25. The SMILES string of the molecule is CSc1ccc(-n2ncc(C(C)=O)c2C)cc1. The Kier molecular flexibility index (Phi) is 3.33. The van der Waals surface area contributed by atoms with Crippen molar-refractivity contribution in [2.45, 2.75) is 18.7 Å². The average molecular weight is 246 g/mol. The van der Waals surface area contributed by atoms with E-state index >= 15 is 0 Å². The molecule has 0 bridgehead atoms. The molecule has 4 heteroatoms. The van der Waals surface area contributed by atoms with Crippen molar-refractivity contribution in [1.29, 1.82) is 0 Å². The second-order valence-electron chi connectivity index (χ2n) is 3.81. The Bertz CT molecular complexity index is 543. The van der Waals surface area contributed by atoms with Crippen molar-refractivity contribution in [1.82, 2.24) is 9.78 Å². The van der Waals surface area contributed by atoms with E-state index in [1.54, 1.807) is 29.6 Å². The van der Waals surface area contributed by atoms with Crippen molar-refractivity contribution in [3.63, 3.8) is 0 Å². The molecule has 88 valence electrons. The van der Waals surface area contributed by atoms with Gasteiger partial charge in [-0.05, 0) is 44.4 Å². The molecule has 0 N–H and O–H groups in total. The van der Waals surface area contributed by atoms with Crippen LogP contribution in [0.3, 0.4) is 0 Å². The van der Waals surface area contributed by atoms with Gasteiger partial charge < -0.3 is 0 Å². The normalized spacial score (nSPS) is 10.5. The smallest absolute Gasteiger partial charge is 0.163 e. The first-order valence-corrected chi connectivity index (χ1v) is 6.56. The zero-order chi connectivity index (χ0) is 12.4. The Labute approximate surface area is 105 Å². The molecule has 0 aliphatic carbocycles. The molecule has 0 aliphatic rings. The minimum atomic E-state index is 0.0504. The van der Waals surface area contributed by atoms with Crippen LogP contribution in [-0.2, 0) is 0 Å². The van der Waals surface area contributed by atoms with E-state index in [1.807, 2.05) is 25.3 Å². The quantitative estimate of drug-likeness (QED) is 0.616. The van der Waals surface area contributed by atoms with E-state index in [2.05, 4.69) is 17.2 Å². The molecule has 0 atom stereocenters. The van der Waals surface area contributed by atoms with Gasteiger partial charge in [-0.3, -0.25) is 4.79 Å². The lowest BCUT2D eigenvalue weighted by Gasteiger charge is -2.05. The van der Waals surface area contributed by atoms with Gasteiger partial charge in [-0.2, -0.15) is 5.10 Å². The number of carbonyl (C=O) groups is 1. The summed E-state index contributed by atoms with van der Waals surface area (Å²) >= 11 is 1.70. The van der Waals surface area contributed by atoms with Crippen LogP contribution in [0.1, 0.15) is 23.0 Å². The predicted molar refractivity (Wildman–Crippen MR) is 70.1 cm³/mol. The molecule has 0 saturated carbocycles. The highest BCUT2D eigenvalue weighted by atomic mass is 32.2. The number of thioether (sulfide) groups is 1.